The molecule has 45 heavy (non-hydrogen) atoms. The SMILES string of the molecule is CCC(=CC1Oc2ccc(Cl)cc2N1CCCS(=O)(=O)O)C=C1Oc2ccc(-c3ccccc3)cc2N1CCC(C)S(=O)(=O)O. The predicted octanol–water partition coefficient (Wildman–Crippen LogP) is 6.55. The Morgan fingerprint density at radius 1 is 0.956 bits per heavy atom. The lowest BCUT2D eigenvalue weighted by Gasteiger charge is -2.24. The standard InChI is InChI=1S/C32H35ClN2O8S2/c1-3-23(18-31-34(15-7-17-44(36,37)38)28-21-26(33)11-13-30(28)43-31)19-32-35(16-14-22(2)45(39,40)41)27-20-25(10-12-29(27)42-32)24-8-5-4-6-9-24/h4-6,8-13,18-22,31H,3,7,14-17H2,1-2H3,(H,36,37,38)(H,39,40,41). The molecule has 0 fully saturated rings. The lowest BCUT2D eigenvalue weighted by molar-refractivity contribution is 0.272. The number of halogens is 1. The van der Waals surface area contributed by atoms with Crippen molar-refractivity contribution in [1.29, 1.82) is 0 Å². The van der Waals surface area contributed by atoms with E-state index in [0.29, 0.717) is 34.5 Å². The maximum absolute atomic E-state index is 11.8. The molecule has 3 aromatic carbocycles. The first-order chi connectivity index (χ1) is 21.3. The monoisotopic (exact) mass is 674 g/mol. The number of benzene rings is 3. The molecule has 3 aromatic rings. The summed E-state index contributed by atoms with van der Waals surface area (Å²) in [4.78, 5) is 3.80. The molecule has 0 bridgehead atoms. The summed E-state index contributed by atoms with van der Waals surface area (Å²) in [5, 5.41) is -0.476. The Labute approximate surface area is 269 Å². The van der Waals surface area contributed by atoms with Crippen LogP contribution in [0.2, 0.25) is 5.02 Å². The summed E-state index contributed by atoms with van der Waals surface area (Å²) in [6.45, 7) is 3.99. The third kappa shape index (κ3) is 8.00. The van der Waals surface area contributed by atoms with Crippen LogP contribution >= 0.6 is 11.6 Å². The van der Waals surface area contributed by atoms with Gasteiger partial charge in [0.2, 0.25) is 5.88 Å². The third-order valence-corrected chi connectivity index (χ3v) is 10.1. The molecule has 2 atom stereocenters. The van der Waals surface area contributed by atoms with Crippen LogP contribution in [-0.2, 0) is 20.2 Å². The van der Waals surface area contributed by atoms with Gasteiger partial charge in [-0.1, -0.05) is 54.9 Å². The van der Waals surface area contributed by atoms with Crippen LogP contribution < -0.4 is 19.3 Å². The number of rotatable bonds is 12. The van der Waals surface area contributed by atoms with E-state index in [1.54, 1.807) is 18.2 Å². The Hall–Kier alpha value is -3.55. The van der Waals surface area contributed by atoms with Crippen molar-refractivity contribution in [1.82, 2.24) is 0 Å². The van der Waals surface area contributed by atoms with E-state index in [1.807, 2.05) is 77.4 Å². The molecule has 240 valence electrons. The van der Waals surface area contributed by atoms with Crippen LogP contribution in [0.5, 0.6) is 11.5 Å². The fraction of sp³-hybridized carbons (Fsp3) is 0.312. The lowest BCUT2D eigenvalue weighted by Crippen LogP contribution is -2.35. The summed E-state index contributed by atoms with van der Waals surface area (Å²) < 4.78 is 77.8. The van der Waals surface area contributed by atoms with Crippen molar-refractivity contribution in [2.45, 2.75) is 44.6 Å². The van der Waals surface area contributed by atoms with E-state index in [1.165, 1.54) is 6.92 Å². The molecule has 0 spiro atoms. The molecule has 2 N–H and O–H groups in total. The summed E-state index contributed by atoms with van der Waals surface area (Å²) in [6.07, 6.45) is 4.11. The topological polar surface area (TPSA) is 134 Å². The second kappa shape index (κ2) is 13.4. The molecule has 0 saturated carbocycles. The van der Waals surface area contributed by atoms with Crippen LogP contribution in [0.3, 0.4) is 0 Å². The predicted molar refractivity (Wildman–Crippen MR) is 176 cm³/mol. The molecule has 0 saturated heterocycles. The van der Waals surface area contributed by atoms with Crippen LogP contribution in [0.1, 0.15) is 33.1 Å². The largest absolute Gasteiger partial charge is 0.465 e. The maximum atomic E-state index is 11.8. The molecule has 2 unspecified atom stereocenters. The van der Waals surface area contributed by atoms with Gasteiger partial charge in [-0.15, -0.1) is 0 Å². The molecule has 5 rings (SSSR count). The van der Waals surface area contributed by atoms with Crippen molar-refractivity contribution in [3.8, 4) is 22.6 Å². The minimum absolute atomic E-state index is 0.156. The van der Waals surface area contributed by atoms with E-state index in [-0.39, 0.29) is 25.9 Å². The minimum atomic E-state index is -4.22. The van der Waals surface area contributed by atoms with Gasteiger partial charge in [0.25, 0.3) is 20.2 Å². The van der Waals surface area contributed by atoms with Gasteiger partial charge < -0.3 is 19.3 Å². The van der Waals surface area contributed by atoms with Crippen LogP contribution in [0, 0.1) is 0 Å². The summed E-state index contributed by atoms with van der Waals surface area (Å²) in [5.74, 6) is 1.30. The van der Waals surface area contributed by atoms with Gasteiger partial charge in [-0.05, 0) is 79.3 Å². The van der Waals surface area contributed by atoms with Gasteiger partial charge in [-0.25, -0.2) is 0 Å². The molecule has 0 amide bonds. The van der Waals surface area contributed by atoms with Gasteiger partial charge in [0.05, 0.1) is 22.4 Å². The normalized spacial score (nSPS) is 18.0. The van der Waals surface area contributed by atoms with Gasteiger partial charge in [0, 0.05) is 24.2 Å². The maximum Gasteiger partial charge on any atom is 0.267 e. The number of hydrogen-bond acceptors (Lipinski definition) is 8. The summed E-state index contributed by atoms with van der Waals surface area (Å²) in [5.41, 5.74) is 4.31. The smallest absolute Gasteiger partial charge is 0.267 e. The fourth-order valence-corrected chi connectivity index (χ4v) is 6.32. The summed E-state index contributed by atoms with van der Waals surface area (Å²) in [6, 6.07) is 20.9. The Morgan fingerprint density at radius 2 is 1.69 bits per heavy atom. The molecule has 0 radical (unpaired) electrons. The van der Waals surface area contributed by atoms with Crippen molar-refractivity contribution in [2.75, 3.05) is 28.6 Å². The number of fused-ring (bicyclic) bond motifs is 2. The summed E-state index contributed by atoms with van der Waals surface area (Å²) >= 11 is 6.26. The van der Waals surface area contributed by atoms with E-state index < -0.39 is 37.5 Å². The highest BCUT2D eigenvalue weighted by Crippen LogP contribution is 2.43. The highest BCUT2D eigenvalue weighted by atomic mass is 35.5. The van der Waals surface area contributed by atoms with Crippen molar-refractivity contribution in [2.24, 2.45) is 0 Å². The van der Waals surface area contributed by atoms with Gasteiger partial charge in [0.15, 0.2) is 12.0 Å². The second-order valence-corrected chi connectivity index (χ2v) is 14.8. The average molecular weight is 675 g/mol. The quantitative estimate of drug-likeness (QED) is 0.204. The number of ether oxygens (including phenoxy) is 2. The average Bonchev–Trinajstić information content (AvgIpc) is 3.50. The first kappa shape index (κ1) is 32.8. The molecule has 0 aromatic heterocycles. The fourth-order valence-electron chi connectivity index (χ4n) is 5.25. The molecule has 13 heteroatoms. The van der Waals surface area contributed by atoms with Gasteiger partial charge in [-0.2, -0.15) is 16.8 Å². The van der Waals surface area contributed by atoms with E-state index >= 15 is 0 Å². The number of anilines is 2. The molecular weight excluding hydrogens is 640 g/mol. The summed E-state index contributed by atoms with van der Waals surface area (Å²) in [7, 11) is -8.35. The van der Waals surface area contributed by atoms with Crippen molar-refractivity contribution < 1.29 is 35.4 Å². The van der Waals surface area contributed by atoms with E-state index in [9.17, 15) is 25.9 Å². The van der Waals surface area contributed by atoms with Crippen molar-refractivity contribution >= 4 is 43.2 Å². The van der Waals surface area contributed by atoms with E-state index in [4.69, 9.17) is 21.1 Å². The van der Waals surface area contributed by atoms with Crippen molar-refractivity contribution in [3.63, 3.8) is 0 Å². The van der Waals surface area contributed by atoms with E-state index in [0.717, 1.165) is 22.4 Å². The molecule has 2 heterocycles. The highest BCUT2D eigenvalue weighted by molar-refractivity contribution is 7.86. The number of hydrogen-bond donors (Lipinski definition) is 2. The minimum Gasteiger partial charge on any atom is -0.465 e. The van der Waals surface area contributed by atoms with Crippen LogP contribution in [-0.4, -0.2) is 56.3 Å². The Bertz CT molecular complexity index is 1830. The van der Waals surface area contributed by atoms with Gasteiger partial charge in [0.1, 0.15) is 5.75 Å². The zero-order chi connectivity index (χ0) is 32.4. The van der Waals surface area contributed by atoms with Crippen LogP contribution in [0.25, 0.3) is 11.1 Å². The van der Waals surface area contributed by atoms with Gasteiger partial charge >= 0.3 is 0 Å². The van der Waals surface area contributed by atoms with Crippen LogP contribution in [0.15, 0.2) is 90.3 Å². The Balaban J connectivity index is 1.48. The Morgan fingerprint density at radius 3 is 2.38 bits per heavy atom. The zero-order valence-electron chi connectivity index (χ0n) is 24.8. The second-order valence-electron chi connectivity index (χ2n) is 10.9. The molecular formula is C32H35ClN2O8S2. The number of allylic oxidation sites excluding steroid dienone is 2. The lowest BCUT2D eigenvalue weighted by atomic mass is 10.0. The highest BCUT2D eigenvalue weighted by Gasteiger charge is 2.32. The molecule has 2 aliphatic heterocycles. The molecule has 2 aliphatic rings. The first-order valence-electron chi connectivity index (χ1n) is 14.5. The third-order valence-electron chi connectivity index (χ3n) is 7.77. The first-order valence-corrected chi connectivity index (χ1v) is 18.0. The van der Waals surface area contributed by atoms with Gasteiger partial charge in [-0.3, -0.25) is 9.11 Å². The number of nitrogens with zero attached hydrogens (tertiary/aromatic N) is 2. The Kier molecular flexibility index (Phi) is 9.80. The molecule has 10 nitrogen and oxygen atoms in total. The van der Waals surface area contributed by atoms with E-state index in [2.05, 4.69) is 0 Å². The zero-order valence-corrected chi connectivity index (χ0v) is 27.2. The van der Waals surface area contributed by atoms with Crippen LogP contribution in [0.4, 0.5) is 11.4 Å². The molecule has 0 aliphatic carbocycles. The van der Waals surface area contributed by atoms with Crippen molar-refractivity contribution in [3.05, 3.63) is 95.4 Å².